The molecule has 0 radical (unpaired) electrons. The number of nitrogen functional groups attached to an aromatic ring is 1. The lowest BCUT2D eigenvalue weighted by atomic mass is 10.3. The van der Waals surface area contributed by atoms with Gasteiger partial charge in [0.2, 0.25) is 5.75 Å². The molecule has 2 aromatic rings. The van der Waals surface area contributed by atoms with Gasteiger partial charge in [-0.15, -0.1) is 11.3 Å². The van der Waals surface area contributed by atoms with Gasteiger partial charge in [0.1, 0.15) is 11.3 Å². The van der Waals surface area contributed by atoms with E-state index in [1.54, 1.807) is 17.5 Å². The molecule has 0 amide bonds. The Kier molecular flexibility index (Phi) is 3.38. The Morgan fingerprint density at radius 1 is 1.41 bits per heavy atom. The maximum absolute atomic E-state index is 5.70. The average molecular weight is 251 g/mol. The summed E-state index contributed by atoms with van der Waals surface area (Å²) in [6.45, 7) is 2.00. The van der Waals surface area contributed by atoms with Crippen LogP contribution in [0.15, 0.2) is 17.9 Å². The van der Waals surface area contributed by atoms with Crippen LogP contribution in [0.2, 0.25) is 0 Å². The van der Waals surface area contributed by atoms with Crippen LogP contribution in [-0.4, -0.2) is 22.1 Å². The van der Waals surface area contributed by atoms with Crippen molar-refractivity contribution in [2.75, 3.05) is 18.2 Å². The number of hydrogen-bond donors (Lipinski definition) is 2. The van der Waals surface area contributed by atoms with Crippen LogP contribution in [0.5, 0.6) is 5.75 Å². The number of methoxy groups -OCH3 is 1. The molecule has 1 atom stereocenters. The number of thiazole rings is 1. The molecule has 2 aromatic heterocycles. The molecule has 90 valence electrons. The normalized spacial score (nSPS) is 12.1. The van der Waals surface area contributed by atoms with E-state index in [4.69, 9.17) is 10.5 Å². The lowest BCUT2D eigenvalue weighted by Gasteiger charge is -2.14. The number of nitrogens with two attached hydrogens (primary N) is 1. The highest BCUT2D eigenvalue weighted by Gasteiger charge is 2.14. The number of aromatic nitrogens is 3. The van der Waals surface area contributed by atoms with Gasteiger partial charge in [-0.2, -0.15) is 0 Å². The highest BCUT2D eigenvalue weighted by atomic mass is 32.1. The molecular formula is C10H13N5OS. The predicted octanol–water partition coefficient (Wildman–Crippen LogP) is 1.70. The van der Waals surface area contributed by atoms with E-state index in [0.29, 0.717) is 17.4 Å². The first-order valence-electron chi connectivity index (χ1n) is 5.02. The fraction of sp³-hybridized carbons (Fsp3) is 0.300. The van der Waals surface area contributed by atoms with Gasteiger partial charge in [0.15, 0.2) is 11.6 Å². The van der Waals surface area contributed by atoms with Gasteiger partial charge in [-0.25, -0.2) is 15.0 Å². The first-order chi connectivity index (χ1) is 8.22. The second-order valence-corrected chi connectivity index (χ2v) is 4.30. The third-order valence-electron chi connectivity index (χ3n) is 2.21. The second kappa shape index (κ2) is 4.96. The van der Waals surface area contributed by atoms with Crippen molar-refractivity contribution in [3.8, 4) is 5.75 Å². The topological polar surface area (TPSA) is 86.0 Å². The van der Waals surface area contributed by atoms with Crippen molar-refractivity contribution < 1.29 is 4.74 Å². The third kappa shape index (κ3) is 2.44. The molecule has 17 heavy (non-hydrogen) atoms. The number of nitrogens with zero attached hydrogens (tertiary/aromatic N) is 3. The summed E-state index contributed by atoms with van der Waals surface area (Å²) in [5.74, 6) is 1.34. The minimum Gasteiger partial charge on any atom is -0.490 e. The molecule has 0 aliphatic heterocycles. The van der Waals surface area contributed by atoms with Crippen molar-refractivity contribution in [3.05, 3.63) is 22.9 Å². The third-order valence-corrected chi connectivity index (χ3v) is 3.17. The Morgan fingerprint density at radius 2 is 2.24 bits per heavy atom. The molecule has 0 saturated heterocycles. The molecule has 0 aliphatic rings. The Labute approximate surface area is 103 Å². The zero-order chi connectivity index (χ0) is 12.3. The van der Waals surface area contributed by atoms with E-state index in [1.165, 1.54) is 13.4 Å². The van der Waals surface area contributed by atoms with E-state index < -0.39 is 0 Å². The first kappa shape index (κ1) is 11.6. The predicted molar refractivity (Wildman–Crippen MR) is 67.1 cm³/mol. The van der Waals surface area contributed by atoms with Gasteiger partial charge in [-0.3, -0.25) is 0 Å². The summed E-state index contributed by atoms with van der Waals surface area (Å²) in [5, 5.41) is 6.10. The van der Waals surface area contributed by atoms with Crippen LogP contribution in [0.25, 0.3) is 0 Å². The Balaban J connectivity index is 2.21. The van der Waals surface area contributed by atoms with E-state index in [9.17, 15) is 0 Å². The van der Waals surface area contributed by atoms with E-state index in [0.717, 1.165) is 5.01 Å². The van der Waals surface area contributed by atoms with Crippen LogP contribution in [0.1, 0.15) is 18.0 Å². The maximum Gasteiger partial charge on any atom is 0.203 e. The van der Waals surface area contributed by atoms with E-state index in [2.05, 4.69) is 20.3 Å². The highest BCUT2D eigenvalue weighted by Crippen LogP contribution is 2.29. The van der Waals surface area contributed by atoms with Gasteiger partial charge in [-0.1, -0.05) is 0 Å². The molecule has 0 fully saturated rings. The van der Waals surface area contributed by atoms with Crippen LogP contribution in [0, 0.1) is 0 Å². The van der Waals surface area contributed by atoms with Crippen LogP contribution in [-0.2, 0) is 0 Å². The molecule has 3 N–H and O–H groups in total. The molecule has 0 aliphatic carbocycles. The van der Waals surface area contributed by atoms with Crippen molar-refractivity contribution >= 4 is 23.0 Å². The summed E-state index contributed by atoms with van der Waals surface area (Å²) in [6, 6.07) is 0.0400. The number of anilines is 2. The van der Waals surface area contributed by atoms with Gasteiger partial charge < -0.3 is 15.8 Å². The molecule has 2 rings (SSSR count). The molecule has 7 heteroatoms. The average Bonchev–Trinajstić information content (AvgIpc) is 2.82. The van der Waals surface area contributed by atoms with Crippen LogP contribution >= 0.6 is 11.3 Å². The largest absolute Gasteiger partial charge is 0.490 e. The van der Waals surface area contributed by atoms with Crippen molar-refractivity contribution in [3.63, 3.8) is 0 Å². The monoisotopic (exact) mass is 251 g/mol. The minimum atomic E-state index is 0.0400. The lowest BCUT2D eigenvalue weighted by Crippen LogP contribution is -2.10. The lowest BCUT2D eigenvalue weighted by molar-refractivity contribution is 0.415. The van der Waals surface area contributed by atoms with Crippen molar-refractivity contribution in [1.82, 2.24) is 15.0 Å². The summed E-state index contributed by atoms with van der Waals surface area (Å²) in [5.41, 5.74) is 5.70. The summed E-state index contributed by atoms with van der Waals surface area (Å²) in [7, 11) is 1.54. The number of hydrogen-bond acceptors (Lipinski definition) is 7. The maximum atomic E-state index is 5.70. The van der Waals surface area contributed by atoms with E-state index in [-0.39, 0.29) is 6.04 Å². The Morgan fingerprint density at radius 3 is 2.88 bits per heavy atom. The molecular weight excluding hydrogens is 238 g/mol. The number of nitrogens with one attached hydrogen (secondary N) is 1. The van der Waals surface area contributed by atoms with Gasteiger partial charge in [0.25, 0.3) is 0 Å². The summed E-state index contributed by atoms with van der Waals surface area (Å²) in [4.78, 5) is 12.2. The van der Waals surface area contributed by atoms with Crippen molar-refractivity contribution in [1.29, 1.82) is 0 Å². The van der Waals surface area contributed by atoms with Crippen LogP contribution in [0.3, 0.4) is 0 Å². The molecule has 0 bridgehead atoms. The summed E-state index contributed by atoms with van der Waals surface area (Å²) >= 11 is 1.58. The van der Waals surface area contributed by atoms with Crippen LogP contribution < -0.4 is 15.8 Å². The second-order valence-electron chi connectivity index (χ2n) is 3.38. The fourth-order valence-electron chi connectivity index (χ4n) is 1.41. The molecule has 2 heterocycles. The molecule has 0 spiro atoms. The minimum absolute atomic E-state index is 0.0400. The van der Waals surface area contributed by atoms with Crippen molar-refractivity contribution in [2.45, 2.75) is 13.0 Å². The van der Waals surface area contributed by atoms with Gasteiger partial charge in [-0.05, 0) is 6.92 Å². The van der Waals surface area contributed by atoms with Crippen LogP contribution in [0.4, 0.5) is 11.6 Å². The van der Waals surface area contributed by atoms with E-state index >= 15 is 0 Å². The Hall–Kier alpha value is -1.89. The molecule has 1 unspecified atom stereocenters. The summed E-state index contributed by atoms with van der Waals surface area (Å²) < 4.78 is 5.16. The zero-order valence-electron chi connectivity index (χ0n) is 9.54. The van der Waals surface area contributed by atoms with E-state index in [1.807, 2.05) is 12.3 Å². The van der Waals surface area contributed by atoms with Gasteiger partial charge >= 0.3 is 0 Å². The van der Waals surface area contributed by atoms with Crippen molar-refractivity contribution in [2.24, 2.45) is 0 Å². The molecule has 0 saturated carbocycles. The Bertz CT molecular complexity index is 487. The smallest absolute Gasteiger partial charge is 0.203 e. The standard InChI is InChI=1S/C10H13N5OS/c1-6(10-12-3-4-17-10)15-9-7(16-2)8(11)13-5-14-9/h3-6H,1-2H3,(H3,11,13,14,15). The SMILES string of the molecule is COc1c(N)ncnc1NC(C)c1nccs1. The number of ether oxygens (including phenoxy) is 1. The quantitative estimate of drug-likeness (QED) is 0.860. The van der Waals surface area contributed by atoms with Gasteiger partial charge in [0, 0.05) is 11.6 Å². The molecule has 0 aromatic carbocycles. The van der Waals surface area contributed by atoms with Gasteiger partial charge in [0.05, 0.1) is 13.2 Å². The highest BCUT2D eigenvalue weighted by molar-refractivity contribution is 7.09. The summed E-state index contributed by atoms with van der Waals surface area (Å²) in [6.07, 6.45) is 3.17. The number of rotatable bonds is 4. The zero-order valence-corrected chi connectivity index (χ0v) is 10.4. The molecule has 6 nitrogen and oxygen atoms in total. The fourth-order valence-corrected chi connectivity index (χ4v) is 2.05. The first-order valence-corrected chi connectivity index (χ1v) is 5.90.